The van der Waals surface area contributed by atoms with Crippen molar-refractivity contribution in [3.63, 3.8) is 0 Å². The molecule has 1 aromatic rings. The molecule has 5 aliphatic carbocycles. The molecule has 0 saturated heterocycles. The average Bonchev–Trinajstić information content (AvgIpc) is 2.81. The normalized spacial score (nSPS) is 35.7. The predicted molar refractivity (Wildman–Crippen MR) is 128 cm³/mol. The molecule has 0 heterocycles. The van der Waals surface area contributed by atoms with Gasteiger partial charge in [-0.25, -0.2) is 4.79 Å². The summed E-state index contributed by atoms with van der Waals surface area (Å²) in [5, 5.41) is 16.2. The number of aliphatic hydroxyl groups excluding tert-OH is 1. The molecule has 1 aromatic carbocycles. The minimum atomic E-state index is -0.226. The van der Waals surface area contributed by atoms with Gasteiger partial charge in [-0.2, -0.15) is 0 Å². The Morgan fingerprint density at radius 1 is 0.939 bits per heavy atom. The molecular formula is C27H39N3O3. The first kappa shape index (κ1) is 22.7. The number of hydrogen-bond acceptors (Lipinski definition) is 3. The average molecular weight is 454 g/mol. The Bertz CT molecular complexity index is 834. The summed E-state index contributed by atoms with van der Waals surface area (Å²) >= 11 is 0. The number of nitrogens with zero attached hydrogens (tertiary/aromatic N) is 1. The molecule has 0 aliphatic heterocycles. The van der Waals surface area contributed by atoms with Crippen LogP contribution >= 0.6 is 0 Å². The zero-order chi connectivity index (χ0) is 23.1. The summed E-state index contributed by atoms with van der Waals surface area (Å²) in [7, 11) is 1.84. The quantitative estimate of drug-likeness (QED) is 0.623. The number of amides is 3. The molecule has 3 N–H and O–H groups in total. The molecule has 3 amide bonds. The van der Waals surface area contributed by atoms with Crippen LogP contribution in [0, 0.1) is 23.7 Å². The van der Waals surface area contributed by atoms with E-state index in [-0.39, 0.29) is 30.1 Å². The largest absolute Gasteiger partial charge is 0.393 e. The second-order valence-electron chi connectivity index (χ2n) is 11.3. The van der Waals surface area contributed by atoms with E-state index in [1.165, 1.54) is 32.1 Å². The maximum absolute atomic E-state index is 13.0. The zero-order valence-corrected chi connectivity index (χ0v) is 20.0. The monoisotopic (exact) mass is 453 g/mol. The van der Waals surface area contributed by atoms with E-state index in [0.717, 1.165) is 43.1 Å². The molecule has 6 rings (SSSR count). The van der Waals surface area contributed by atoms with Crippen molar-refractivity contribution in [2.24, 2.45) is 23.7 Å². The van der Waals surface area contributed by atoms with Gasteiger partial charge in [0.1, 0.15) is 0 Å². The molecule has 4 bridgehead atoms. The maximum Gasteiger partial charge on any atom is 0.317 e. The molecule has 33 heavy (non-hydrogen) atoms. The van der Waals surface area contributed by atoms with Gasteiger partial charge in [-0.15, -0.1) is 0 Å². The molecule has 5 fully saturated rings. The lowest BCUT2D eigenvalue weighted by Crippen LogP contribution is -2.55. The van der Waals surface area contributed by atoms with Gasteiger partial charge in [0.15, 0.2) is 0 Å². The number of carbonyl (C=O) groups excluding carboxylic acids is 2. The molecule has 1 unspecified atom stereocenters. The smallest absolute Gasteiger partial charge is 0.317 e. The first-order valence-corrected chi connectivity index (χ1v) is 13.0. The Balaban J connectivity index is 1.14. The number of rotatable bonds is 5. The fraction of sp³-hybridized carbons (Fsp3) is 0.704. The fourth-order valence-electron chi connectivity index (χ4n) is 7.30. The Morgan fingerprint density at radius 3 is 2.09 bits per heavy atom. The van der Waals surface area contributed by atoms with E-state index in [9.17, 15) is 14.7 Å². The van der Waals surface area contributed by atoms with Gasteiger partial charge in [0.2, 0.25) is 0 Å². The van der Waals surface area contributed by atoms with Crippen LogP contribution in [0.1, 0.15) is 86.7 Å². The number of carbonyl (C=O) groups is 2. The van der Waals surface area contributed by atoms with Crippen molar-refractivity contribution < 1.29 is 14.7 Å². The van der Waals surface area contributed by atoms with Gasteiger partial charge in [-0.05, 0) is 106 Å². The van der Waals surface area contributed by atoms with E-state index in [1.54, 1.807) is 4.90 Å². The number of nitrogens with one attached hydrogen (secondary N) is 2. The van der Waals surface area contributed by atoms with E-state index in [4.69, 9.17) is 0 Å². The number of benzene rings is 1. The molecule has 5 saturated carbocycles. The molecule has 0 spiro atoms. The lowest BCUT2D eigenvalue weighted by molar-refractivity contribution is -0.0119. The summed E-state index contributed by atoms with van der Waals surface area (Å²) in [4.78, 5) is 27.5. The molecule has 180 valence electrons. The Labute approximate surface area is 197 Å². The van der Waals surface area contributed by atoms with E-state index >= 15 is 0 Å². The minimum absolute atomic E-state index is 0.0370. The van der Waals surface area contributed by atoms with Crippen LogP contribution in [0.5, 0.6) is 0 Å². The van der Waals surface area contributed by atoms with Crippen molar-refractivity contribution in [1.29, 1.82) is 0 Å². The Hall–Kier alpha value is -2.08. The van der Waals surface area contributed by atoms with Crippen LogP contribution in [-0.2, 0) is 0 Å². The van der Waals surface area contributed by atoms with Crippen molar-refractivity contribution in [2.75, 3.05) is 7.05 Å². The van der Waals surface area contributed by atoms with Crippen molar-refractivity contribution in [1.82, 2.24) is 15.5 Å². The third-order valence-corrected chi connectivity index (χ3v) is 9.07. The van der Waals surface area contributed by atoms with Crippen LogP contribution in [0.3, 0.4) is 0 Å². The highest BCUT2D eigenvalue weighted by molar-refractivity contribution is 5.94. The van der Waals surface area contributed by atoms with Crippen molar-refractivity contribution in [3.8, 4) is 0 Å². The topological polar surface area (TPSA) is 81.7 Å². The van der Waals surface area contributed by atoms with Crippen LogP contribution < -0.4 is 10.6 Å². The van der Waals surface area contributed by atoms with Gasteiger partial charge in [-0.3, -0.25) is 4.79 Å². The molecule has 6 nitrogen and oxygen atoms in total. The van der Waals surface area contributed by atoms with Gasteiger partial charge in [0.25, 0.3) is 5.91 Å². The summed E-state index contributed by atoms with van der Waals surface area (Å²) in [6.45, 7) is 1.97. The van der Waals surface area contributed by atoms with Crippen LogP contribution in [0.25, 0.3) is 0 Å². The second-order valence-corrected chi connectivity index (χ2v) is 11.3. The lowest BCUT2D eigenvalue weighted by Gasteiger charge is -2.54. The standard InChI is InChI=1S/C27H39N3O3/c1-16(28-27(33)30(2)23-7-9-24(31)10-8-23)19-3-5-20(6-4-19)26(32)29-25-21-12-17-11-18(14-21)15-22(25)13-17/h3-6,16-18,21-25,31H,7-15H2,1-2H3,(H,28,33)(H,29,32). The fourth-order valence-corrected chi connectivity index (χ4v) is 7.30. The van der Waals surface area contributed by atoms with Crippen molar-refractivity contribution >= 4 is 11.9 Å². The molecule has 0 aromatic heterocycles. The van der Waals surface area contributed by atoms with Crippen LogP contribution in [0.2, 0.25) is 0 Å². The zero-order valence-electron chi connectivity index (χ0n) is 20.0. The number of urea groups is 1. The maximum atomic E-state index is 13.0. The first-order chi connectivity index (χ1) is 15.9. The summed E-state index contributed by atoms with van der Waals surface area (Å²) in [5.41, 5.74) is 1.69. The van der Waals surface area contributed by atoms with Crippen molar-refractivity contribution in [2.45, 2.75) is 88.9 Å². The molecule has 0 radical (unpaired) electrons. The van der Waals surface area contributed by atoms with Crippen LogP contribution in [-0.4, -0.2) is 47.2 Å². The third kappa shape index (κ3) is 4.77. The van der Waals surface area contributed by atoms with Gasteiger partial charge in [-0.1, -0.05) is 12.1 Å². The highest BCUT2D eigenvalue weighted by Gasteiger charge is 2.48. The van der Waals surface area contributed by atoms with Gasteiger partial charge in [0.05, 0.1) is 12.1 Å². The summed E-state index contributed by atoms with van der Waals surface area (Å²) in [6, 6.07) is 7.96. The molecule has 1 atom stereocenters. The van der Waals surface area contributed by atoms with Gasteiger partial charge in [0, 0.05) is 24.7 Å². The molecular weight excluding hydrogens is 414 g/mol. The highest BCUT2D eigenvalue weighted by Crippen LogP contribution is 2.53. The van der Waals surface area contributed by atoms with Gasteiger partial charge < -0.3 is 20.6 Å². The van der Waals surface area contributed by atoms with E-state index in [2.05, 4.69) is 10.6 Å². The Kier molecular flexibility index (Phi) is 6.39. The van der Waals surface area contributed by atoms with Crippen molar-refractivity contribution in [3.05, 3.63) is 35.4 Å². The predicted octanol–water partition coefficient (Wildman–Crippen LogP) is 4.25. The molecule has 5 aliphatic rings. The summed E-state index contributed by atoms with van der Waals surface area (Å²) in [6.07, 6.45) is 9.57. The number of hydrogen-bond donors (Lipinski definition) is 3. The van der Waals surface area contributed by atoms with Gasteiger partial charge >= 0.3 is 6.03 Å². The third-order valence-electron chi connectivity index (χ3n) is 9.07. The highest BCUT2D eigenvalue weighted by atomic mass is 16.3. The van der Waals surface area contributed by atoms with Crippen LogP contribution in [0.4, 0.5) is 4.79 Å². The molecule has 6 heteroatoms. The second kappa shape index (κ2) is 9.28. The van der Waals surface area contributed by atoms with E-state index in [1.807, 2.05) is 38.2 Å². The Morgan fingerprint density at radius 2 is 1.52 bits per heavy atom. The summed E-state index contributed by atoms with van der Waals surface area (Å²) in [5.74, 6) is 3.18. The lowest BCUT2D eigenvalue weighted by atomic mass is 9.54. The first-order valence-electron chi connectivity index (χ1n) is 13.0. The summed E-state index contributed by atoms with van der Waals surface area (Å²) < 4.78 is 0. The van der Waals surface area contributed by atoms with E-state index < -0.39 is 0 Å². The number of aliphatic hydroxyl groups is 1. The van der Waals surface area contributed by atoms with Crippen LogP contribution in [0.15, 0.2) is 24.3 Å². The SMILES string of the molecule is CC(NC(=O)N(C)C1CCC(O)CC1)c1ccc(C(=O)NC2C3CC4CC(C3)CC2C4)cc1. The van der Waals surface area contributed by atoms with E-state index in [0.29, 0.717) is 23.4 Å². The minimum Gasteiger partial charge on any atom is -0.393 e.